The van der Waals surface area contributed by atoms with E-state index in [2.05, 4.69) is 29.6 Å². The second-order valence-corrected chi connectivity index (χ2v) is 5.90. The standard InChI is InChI=1S/C18H24N2O/c1-19-13-14-12-18(20-17-11-7-6-10-16(14)17)21-15-8-4-2-3-5-9-15/h6-7,10-12,15,19H,2-5,8-9,13H2,1H3. The molecule has 0 spiro atoms. The highest BCUT2D eigenvalue weighted by Crippen LogP contribution is 2.26. The maximum Gasteiger partial charge on any atom is 0.214 e. The van der Waals surface area contributed by atoms with Crippen molar-refractivity contribution in [3.05, 3.63) is 35.9 Å². The van der Waals surface area contributed by atoms with Crippen LogP contribution < -0.4 is 10.1 Å². The van der Waals surface area contributed by atoms with Gasteiger partial charge in [0, 0.05) is 18.0 Å². The van der Waals surface area contributed by atoms with E-state index in [4.69, 9.17) is 9.72 Å². The van der Waals surface area contributed by atoms with Crippen molar-refractivity contribution in [2.75, 3.05) is 7.05 Å². The van der Waals surface area contributed by atoms with Gasteiger partial charge in [0.25, 0.3) is 0 Å². The number of fused-ring (bicyclic) bond motifs is 1. The van der Waals surface area contributed by atoms with Crippen molar-refractivity contribution in [2.45, 2.75) is 51.2 Å². The Kier molecular flexibility index (Phi) is 4.71. The second-order valence-electron chi connectivity index (χ2n) is 5.90. The van der Waals surface area contributed by atoms with Gasteiger partial charge in [0.1, 0.15) is 6.10 Å². The molecule has 112 valence electrons. The maximum absolute atomic E-state index is 6.19. The molecule has 1 saturated carbocycles. The molecule has 0 saturated heterocycles. The summed E-state index contributed by atoms with van der Waals surface area (Å²) in [5, 5.41) is 4.44. The van der Waals surface area contributed by atoms with E-state index in [9.17, 15) is 0 Å². The summed E-state index contributed by atoms with van der Waals surface area (Å²) in [4.78, 5) is 4.69. The van der Waals surface area contributed by atoms with Gasteiger partial charge < -0.3 is 10.1 Å². The monoisotopic (exact) mass is 284 g/mol. The lowest BCUT2D eigenvalue weighted by atomic mass is 10.1. The minimum atomic E-state index is 0.337. The molecular formula is C18H24N2O. The summed E-state index contributed by atoms with van der Waals surface area (Å²) in [7, 11) is 1.97. The van der Waals surface area contributed by atoms with Crippen LogP contribution in [-0.2, 0) is 6.54 Å². The third-order valence-corrected chi connectivity index (χ3v) is 4.24. The zero-order chi connectivity index (χ0) is 14.5. The van der Waals surface area contributed by atoms with Gasteiger partial charge in [-0.1, -0.05) is 31.0 Å². The Morgan fingerprint density at radius 3 is 2.67 bits per heavy atom. The number of para-hydroxylation sites is 1. The van der Waals surface area contributed by atoms with Gasteiger partial charge in [0.15, 0.2) is 0 Å². The Bertz CT molecular complexity index is 589. The molecule has 0 atom stereocenters. The molecule has 0 amide bonds. The Morgan fingerprint density at radius 1 is 1.14 bits per heavy atom. The molecule has 1 aliphatic carbocycles. The van der Waals surface area contributed by atoms with Crippen molar-refractivity contribution in [2.24, 2.45) is 0 Å². The molecule has 0 aliphatic heterocycles. The number of rotatable bonds is 4. The number of ether oxygens (including phenoxy) is 1. The third kappa shape index (κ3) is 3.53. The van der Waals surface area contributed by atoms with E-state index in [0.717, 1.165) is 30.8 Å². The van der Waals surface area contributed by atoms with Gasteiger partial charge in [0.05, 0.1) is 5.52 Å². The number of aromatic nitrogens is 1. The van der Waals surface area contributed by atoms with E-state index >= 15 is 0 Å². The van der Waals surface area contributed by atoms with Crippen LogP contribution in [0.25, 0.3) is 10.9 Å². The zero-order valence-corrected chi connectivity index (χ0v) is 12.8. The van der Waals surface area contributed by atoms with Gasteiger partial charge >= 0.3 is 0 Å². The van der Waals surface area contributed by atoms with Crippen molar-refractivity contribution in [1.82, 2.24) is 10.3 Å². The minimum Gasteiger partial charge on any atom is -0.474 e. The highest BCUT2D eigenvalue weighted by atomic mass is 16.5. The average Bonchev–Trinajstić information content (AvgIpc) is 2.76. The first-order valence-electron chi connectivity index (χ1n) is 8.07. The molecule has 1 heterocycles. The quantitative estimate of drug-likeness (QED) is 0.860. The van der Waals surface area contributed by atoms with Gasteiger partial charge in [-0.15, -0.1) is 0 Å². The van der Waals surface area contributed by atoms with Crippen LogP contribution in [0.1, 0.15) is 44.1 Å². The minimum absolute atomic E-state index is 0.337. The highest BCUT2D eigenvalue weighted by molar-refractivity contribution is 5.82. The van der Waals surface area contributed by atoms with Crippen LogP contribution >= 0.6 is 0 Å². The Hall–Kier alpha value is -1.61. The summed E-state index contributed by atoms with van der Waals surface area (Å²) < 4.78 is 6.19. The third-order valence-electron chi connectivity index (χ3n) is 4.24. The zero-order valence-electron chi connectivity index (χ0n) is 12.8. The Balaban J connectivity index is 1.87. The smallest absolute Gasteiger partial charge is 0.214 e. The predicted molar refractivity (Wildman–Crippen MR) is 86.6 cm³/mol. The fourth-order valence-corrected chi connectivity index (χ4v) is 3.15. The number of pyridine rings is 1. The van der Waals surface area contributed by atoms with Gasteiger partial charge in [-0.05, 0) is 44.4 Å². The molecular weight excluding hydrogens is 260 g/mol. The summed E-state index contributed by atoms with van der Waals surface area (Å²) in [6, 6.07) is 10.4. The Labute approximate surface area is 126 Å². The molecule has 3 rings (SSSR count). The van der Waals surface area contributed by atoms with E-state index in [-0.39, 0.29) is 0 Å². The van der Waals surface area contributed by atoms with Crippen LogP contribution in [0.4, 0.5) is 0 Å². The van der Waals surface area contributed by atoms with Crippen LogP contribution in [-0.4, -0.2) is 18.1 Å². The second kappa shape index (κ2) is 6.90. The van der Waals surface area contributed by atoms with Crippen molar-refractivity contribution < 1.29 is 4.74 Å². The number of hydrogen-bond acceptors (Lipinski definition) is 3. The van der Waals surface area contributed by atoms with Crippen LogP contribution in [0, 0.1) is 0 Å². The maximum atomic E-state index is 6.19. The molecule has 21 heavy (non-hydrogen) atoms. The highest BCUT2D eigenvalue weighted by Gasteiger charge is 2.15. The first kappa shape index (κ1) is 14.3. The summed E-state index contributed by atoms with van der Waals surface area (Å²) in [5.74, 6) is 0.783. The number of nitrogens with zero attached hydrogens (tertiary/aromatic N) is 1. The largest absolute Gasteiger partial charge is 0.474 e. The van der Waals surface area contributed by atoms with E-state index in [0.29, 0.717) is 6.10 Å². The van der Waals surface area contributed by atoms with Crippen LogP contribution in [0.3, 0.4) is 0 Å². The van der Waals surface area contributed by atoms with Crippen molar-refractivity contribution in [1.29, 1.82) is 0 Å². The van der Waals surface area contributed by atoms with Crippen molar-refractivity contribution in [3.8, 4) is 5.88 Å². The first-order valence-corrected chi connectivity index (χ1v) is 8.07. The van der Waals surface area contributed by atoms with Crippen molar-refractivity contribution in [3.63, 3.8) is 0 Å². The van der Waals surface area contributed by atoms with E-state index in [1.165, 1.54) is 36.6 Å². The summed E-state index contributed by atoms with van der Waals surface area (Å²) >= 11 is 0. The number of nitrogens with one attached hydrogen (secondary N) is 1. The molecule has 0 unspecified atom stereocenters. The topological polar surface area (TPSA) is 34.1 Å². The molecule has 1 fully saturated rings. The van der Waals surface area contributed by atoms with Gasteiger partial charge in [0.2, 0.25) is 5.88 Å². The summed E-state index contributed by atoms with van der Waals surface area (Å²) in [6.07, 6.45) is 7.91. The molecule has 1 aromatic carbocycles. The summed E-state index contributed by atoms with van der Waals surface area (Å²) in [6.45, 7) is 0.837. The molecule has 2 aromatic rings. The lowest BCUT2D eigenvalue weighted by Crippen LogP contribution is -2.16. The molecule has 1 aromatic heterocycles. The predicted octanol–water partition coefficient (Wildman–Crippen LogP) is 4.06. The first-order chi connectivity index (χ1) is 10.4. The van der Waals surface area contributed by atoms with Crippen LogP contribution in [0.5, 0.6) is 5.88 Å². The average molecular weight is 284 g/mol. The lowest BCUT2D eigenvalue weighted by Gasteiger charge is -2.17. The van der Waals surface area contributed by atoms with Crippen molar-refractivity contribution >= 4 is 10.9 Å². The van der Waals surface area contributed by atoms with E-state index in [1.54, 1.807) is 0 Å². The van der Waals surface area contributed by atoms with Gasteiger partial charge in [-0.25, -0.2) is 4.98 Å². The fraction of sp³-hybridized carbons (Fsp3) is 0.500. The van der Waals surface area contributed by atoms with Crippen LogP contribution in [0.2, 0.25) is 0 Å². The number of hydrogen-bond donors (Lipinski definition) is 1. The van der Waals surface area contributed by atoms with Crippen LogP contribution in [0.15, 0.2) is 30.3 Å². The normalized spacial score (nSPS) is 16.8. The molecule has 1 aliphatic rings. The van der Waals surface area contributed by atoms with Gasteiger partial charge in [-0.3, -0.25) is 0 Å². The van der Waals surface area contributed by atoms with Gasteiger partial charge in [-0.2, -0.15) is 0 Å². The Morgan fingerprint density at radius 2 is 1.90 bits per heavy atom. The van der Waals surface area contributed by atoms with E-state index < -0.39 is 0 Å². The number of benzene rings is 1. The van der Waals surface area contributed by atoms with E-state index in [1.807, 2.05) is 13.1 Å². The SMILES string of the molecule is CNCc1cc(OC2CCCCCC2)nc2ccccc12. The molecule has 1 N–H and O–H groups in total. The molecule has 0 bridgehead atoms. The molecule has 3 nitrogen and oxygen atoms in total. The fourth-order valence-electron chi connectivity index (χ4n) is 3.15. The lowest BCUT2D eigenvalue weighted by molar-refractivity contribution is 0.176. The molecule has 3 heteroatoms. The molecule has 0 radical (unpaired) electrons. The summed E-state index contributed by atoms with van der Waals surface area (Å²) in [5.41, 5.74) is 2.28.